The van der Waals surface area contributed by atoms with E-state index in [1.807, 2.05) is 0 Å². The van der Waals surface area contributed by atoms with Crippen LogP contribution in [0.4, 0.5) is 14.9 Å². The van der Waals surface area contributed by atoms with Gasteiger partial charge in [-0.25, -0.2) is 9.18 Å². The summed E-state index contributed by atoms with van der Waals surface area (Å²) < 4.78 is 13.2. The lowest BCUT2D eigenvalue weighted by Crippen LogP contribution is -2.50. The van der Waals surface area contributed by atoms with Crippen molar-refractivity contribution in [2.75, 3.05) is 31.1 Å². The Bertz CT molecular complexity index is 586. The smallest absolute Gasteiger partial charge is 0.317 e. The molecule has 0 spiro atoms. The zero-order valence-electron chi connectivity index (χ0n) is 12.8. The molecular weight excluding hydrogens is 321 g/mol. The van der Waals surface area contributed by atoms with E-state index in [4.69, 9.17) is 11.6 Å². The molecule has 0 bridgehead atoms. The van der Waals surface area contributed by atoms with Gasteiger partial charge in [-0.15, -0.1) is 0 Å². The zero-order chi connectivity index (χ0) is 16.4. The maximum absolute atomic E-state index is 13.2. The van der Waals surface area contributed by atoms with Crippen molar-refractivity contribution >= 4 is 23.3 Å². The number of halogens is 2. The summed E-state index contributed by atoms with van der Waals surface area (Å²) in [6.07, 6.45) is 2.00. The van der Waals surface area contributed by atoms with Crippen LogP contribution in [0.1, 0.15) is 19.3 Å². The van der Waals surface area contributed by atoms with Crippen molar-refractivity contribution in [2.45, 2.75) is 31.4 Å². The predicted molar refractivity (Wildman–Crippen MR) is 87.4 cm³/mol. The van der Waals surface area contributed by atoms with Gasteiger partial charge in [0.15, 0.2) is 0 Å². The van der Waals surface area contributed by atoms with Crippen LogP contribution in [0, 0.1) is 5.82 Å². The van der Waals surface area contributed by atoms with E-state index in [0.29, 0.717) is 19.6 Å². The van der Waals surface area contributed by atoms with E-state index in [1.54, 1.807) is 17.0 Å². The number of nitrogens with one attached hydrogen (secondary N) is 1. The molecule has 2 saturated heterocycles. The highest BCUT2D eigenvalue weighted by Gasteiger charge is 2.28. The lowest BCUT2D eigenvalue weighted by Gasteiger charge is -2.31. The van der Waals surface area contributed by atoms with Gasteiger partial charge in [-0.3, -0.25) is 0 Å². The molecule has 2 fully saturated rings. The lowest BCUT2D eigenvalue weighted by molar-refractivity contribution is 0.0835. The van der Waals surface area contributed by atoms with E-state index >= 15 is 0 Å². The summed E-state index contributed by atoms with van der Waals surface area (Å²) in [5.41, 5.74) is 0.863. The van der Waals surface area contributed by atoms with Gasteiger partial charge in [0.2, 0.25) is 0 Å². The molecule has 2 atom stereocenters. The van der Waals surface area contributed by atoms with Gasteiger partial charge in [0.05, 0.1) is 11.1 Å². The number of nitrogens with zero attached hydrogens (tertiary/aromatic N) is 2. The lowest BCUT2D eigenvalue weighted by atomic mass is 10.1. The molecule has 0 radical (unpaired) electrons. The van der Waals surface area contributed by atoms with Crippen molar-refractivity contribution in [3.8, 4) is 0 Å². The SMILES string of the molecule is O=C(NC1CCN(c2ccc(F)c(Cl)c2)C1)N1CCCC(O)C1. The van der Waals surface area contributed by atoms with Crippen LogP contribution in [0.15, 0.2) is 18.2 Å². The summed E-state index contributed by atoms with van der Waals surface area (Å²) in [6, 6.07) is 4.60. The topological polar surface area (TPSA) is 55.8 Å². The Balaban J connectivity index is 1.55. The number of rotatable bonds is 2. The fourth-order valence-electron chi connectivity index (χ4n) is 3.20. The first-order valence-electron chi connectivity index (χ1n) is 7.96. The molecule has 2 unspecified atom stereocenters. The fraction of sp³-hybridized carbons (Fsp3) is 0.562. The average Bonchev–Trinajstić information content (AvgIpc) is 2.98. The monoisotopic (exact) mass is 341 g/mol. The van der Waals surface area contributed by atoms with Crippen molar-refractivity contribution in [2.24, 2.45) is 0 Å². The molecule has 1 aromatic carbocycles. The number of carbonyl (C=O) groups excluding carboxylic acids is 1. The molecule has 2 N–H and O–H groups in total. The first kappa shape index (κ1) is 16.3. The molecular formula is C16H21ClFN3O2. The van der Waals surface area contributed by atoms with Gasteiger partial charge < -0.3 is 20.2 Å². The highest BCUT2D eigenvalue weighted by atomic mass is 35.5. The number of benzene rings is 1. The van der Waals surface area contributed by atoms with Crippen LogP contribution in [-0.2, 0) is 0 Å². The number of β-amino-alcohol motifs (C(OH)–C–C–N with tert-alkyl or cyclic N) is 1. The number of hydrogen-bond donors (Lipinski definition) is 2. The highest BCUT2D eigenvalue weighted by Crippen LogP contribution is 2.25. The number of amides is 2. The summed E-state index contributed by atoms with van der Waals surface area (Å²) in [5.74, 6) is -0.428. The molecule has 0 aromatic heterocycles. The zero-order valence-corrected chi connectivity index (χ0v) is 13.6. The van der Waals surface area contributed by atoms with Crippen LogP contribution in [-0.4, -0.2) is 54.4 Å². The third kappa shape index (κ3) is 3.87. The van der Waals surface area contributed by atoms with E-state index in [1.165, 1.54) is 6.07 Å². The van der Waals surface area contributed by atoms with Crippen molar-refractivity contribution in [1.82, 2.24) is 10.2 Å². The molecule has 2 heterocycles. The number of aliphatic hydroxyl groups excluding tert-OH is 1. The van der Waals surface area contributed by atoms with Crippen molar-refractivity contribution in [3.05, 3.63) is 29.0 Å². The predicted octanol–water partition coefficient (Wildman–Crippen LogP) is 2.22. The Morgan fingerprint density at radius 1 is 1.30 bits per heavy atom. The number of anilines is 1. The van der Waals surface area contributed by atoms with Crippen molar-refractivity contribution < 1.29 is 14.3 Å². The van der Waals surface area contributed by atoms with Crippen LogP contribution in [0.3, 0.4) is 0 Å². The van der Waals surface area contributed by atoms with Crippen LogP contribution in [0.25, 0.3) is 0 Å². The van der Waals surface area contributed by atoms with Crippen LogP contribution >= 0.6 is 11.6 Å². The van der Waals surface area contributed by atoms with Gasteiger partial charge >= 0.3 is 6.03 Å². The second-order valence-electron chi connectivity index (χ2n) is 6.22. The summed E-state index contributed by atoms with van der Waals surface area (Å²) >= 11 is 5.83. The van der Waals surface area contributed by atoms with E-state index in [-0.39, 0.29) is 17.1 Å². The molecule has 2 aliphatic heterocycles. The number of likely N-dealkylation sites (tertiary alicyclic amines) is 1. The third-order valence-corrected chi connectivity index (χ3v) is 4.76. The van der Waals surface area contributed by atoms with Gasteiger partial charge in [-0.2, -0.15) is 0 Å². The molecule has 3 rings (SSSR count). The number of piperidine rings is 1. The van der Waals surface area contributed by atoms with Crippen LogP contribution in [0.2, 0.25) is 5.02 Å². The summed E-state index contributed by atoms with van der Waals surface area (Å²) in [6.45, 7) is 2.54. The molecule has 23 heavy (non-hydrogen) atoms. The molecule has 0 saturated carbocycles. The molecule has 2 aliphatic rings. The Morgan fingerprint density at radius 2 is 2.13 bits per heavy atom. The van der Waals surface area contributed by atoms with E-state index in [9.17, 15) is 14.3 Å². The minimum Gasteiger partial charge on any atom is -0.391 e. The maximum Gasteiger partial charge on any atom is 0.317 e. The molecule has 2 amide bonds. The standard InChI is InChI=1S/C16H21ClFN3O2/c17-14-8-12(3-4-15(14)18)20-7-5-11(9-20)19-16(23)21-6-1-2-13(22)10-21/h3-4,8,11,13,22H,1-2,5-7,9-10H2,(H,19,23). The van der Waals surface area contributed by atoms with E-state index in [0.717, 1.165) is 31.5 Å². The third-order valence-electron chi connectivity index (χ3n) is 4.47. The average molecular weight is 342 g/mol. The fourth-order valence-corrected chi connectivity index (χ4v) is 3.37. The number of urea groups is 1. The summed E-state index contributed by atoms with van der Waals surface area (Å²) in [5, 5.41) is 12.8. The molecule has 126 valence electrons. The Kier molecular flexibility index (Phi) is 4.92. The Labute approximate surface area is 140 Å². The number of aliphatic hydroxyl groups is 1. The molecule has 0 aliphatic carbocycles. The van der Waals surface area contributed by atoms with Gasteiger partial charge in [-0.1, -0.05) is 11.6 Å². The molecule has 1 aromatic rings. The minimum atomic E-state index is -0.428. The van der Waals surface area contributed by atoms with E-state index in [2.05, 4.69) is 10.2 Å². The van der Waals surface area contributed by atoms with Crippen LogP contribution in [0.5, 0.6) is 0 Å². The summed E-state index contributed by atoms with van der Waals surface area (Å²) in [7, 11) is 0. The number of carbonyl (C=O) groups is 1. The normalized spacial score (nSPS) is 24.8. The van der Waals surface area contributed by atoms with Gasteiger partial charge in [0.25, 0.3) is 0 Å². The molecule has 5 nitrogen and oxygen atoms in total. The quantitative estimate of drug-likeness (QED) is 0.867. The first-order chi connectivity index (χ1) is 11.0. The largest absolute Gasteiger partial charge is 0.391 e. The molecule has 7 heteroatoms. The van der Waals surface area contributed by atoms with E-state index < -0.39 is 11.9 Å². The van der Waals surface area contributed by atoms with Crippen LogP contribution < -0.4 is 10.2 Å². The van der Waals surface area contributed by atoms with Gasteiger partial charge in [0.1, 0.15) is 5.82 Å². The van der Waals surface area contributed by atoms with Gasteiger partial charge in [-0.05, 0) is 37.5 Å². The van der Waals surface area contributed by atoms with Crippen molar-refractivity contribution in [1.29, 1.82) is 0 Å². The Morgan fingerprint density at radius 3 is 2.87 bits per heavy atom. The van der Waals surface area contributed by atoms with Crippen molar-refractivity contribution in [3.63, 3.8) is 0 Å². The first-order valence-corrected chi connectivity index (χ1v) is 8.34. The number of hydrogen-bond acceptors (Lipinski definition) is 3. The second kappa shape index (κ2) is 6.93. The highest BCUT2D eigenvalue weighted by molar-refractivity contribution is 6.31. The summed E-state index contributed by atoms with van der Waals surface area (Å²) in [4.78, 5) is 16.0. The minimum absolute atomic E-state index is 0.0467. The second-order valence-corrected chi connectivity index (χ2v) is 6.63. The van der Waals surface area contributed by atoms with Gasteiger partial charge in [0, 0.05) is 37.9 Å². The Hall–Kier alpha value is -1.53. The maximum atomic E-state index is 13.2.